The topological polar surface area (TPSA) is 91.8 Å². The van der Waals surface area contributed by atoms with Crippen molar-refractivity contribution < 1.29 is 4.92 Å². The number of nitrogens with zero attached hydrogens (tertiary/aromatic N) is 3. The lowest BCUT2D eigenvalue weighted by molar-refractivity contribution is -0.385. The maximum Gasteiger partial charge on any atom is 0.289 e. The van der Waals surface area contributed by atoms with Crippen molar-refractivity contribution in [3.63, 3.8) is 0 Å². The molecular weight excluding hydrogens is 252 g/mol. The Bertz CT molecular complexity index is 473. The third-order valence-corrected chi connectivity index (χ3v) is 3.30. The van der Waals surface area contributed by atoms with Gasteiger partial charge < -0.3 is 5.32 Å². The van der Waals surface area contributed by atoms with Gasteiger partial charge in [-0.3, -0.25) is 10.1 Å². The van der Waals surface area contributed by atoms with Crippen molar-refractivity contribution in [2.75, 3.05) is 16.8 Å². The van der Waals surface area contributed by atoms with Crippen LogP contribution in [0.1, 0.15) is 19.4 Å². The highest BCUT2D eigenvalue weighted by molar-refractivity contribution is 7.99. The van der Waals surface area contributed by atoms with E-state index < -0.39 is 4.92 Å². The number of thioether (sulfide) groups is 1. The lowest BCUT2D eigenvalue weighted by atomic mass is 10.2. The van der Waals surface area contributed by atoms with Crippen LogP contribution in [-0.2, 0) is 0 Å². The second-order valence-electron chi connectivity index (χ2n) is 3.66. The molecule has 0 aliphatic carbocycles. The van der Waals surface area contributed by atoms with Crippen molar-refractivity contribution in [3.8, 4) is 6.07 Å². The summed E-state index contributed by atoms with van der Waals surface area (Å²) in [5, 5.41) is 22.6. The molecule has 7 heteroatoms. The first-order valence-electron chi connectivity index (χ1n) is 5.47. The standard InChI is InChI=1S/C11H14N4O2S/c1-3-18-7-8(2)14-11-9(5-12)4-10(6-13-11)15(16)17/h4,6,8H,3,7H2,1-2H3,(H,13,14). The highest BCUT2D eigenvalue weighted by atomic mass is 32.2. The van der Waals surface area contributed by atoms with E-state index in [1.807, 2.05) is 13.0 Å². The van der Waals surface area contributed by atoms with E-state index in [4.69, 9.17) is 5.26 Å². The maximum absolute atomic E-state index is 10.6. The molecule has 6 nitrogen and oxygen atoms in total. The van der Waals surface area contributed by atoms with Crippen LogP contribution in [0.2, 0.25) is 0 Å². The summed E-state index contributed by atoms with van der Waals surface area (Å²) in [6.07, 6.45) is 1.16. The normalized spacial score (nSPS) is 11.6. The summed E-state index contributed by atoms with van der Waals surface area (Å²) in [7, 11) is 0. The van der Waals surface area contributed by atoms with Crippen LogP contribution < -0.4 is 5.32 Å². The van der Waals surface area contributed by atoms with E-state index >= 15 is 0 Å². The van der Waals surface area contributed by atoms with Crippen LogP contribution in [0.4, 0.5) is 11.5 Å². The zero-order valence-electron chi connectivity index (χ0n) is 10.2. The predicted octanol–water partition coefficient (Wildman–Crippen LogP) is 2.41. The van der Waals surface area contributed by atoms with E-state index in [-0.39, 0.29) is 17.3 Å². The fourth-order valence-electron chi connectivity index (χ4n) is 1.32. The van der Waals surface area contributed by atoms with E-state index in [1.54, 1.807) is 11.8 Å². The van der Waals surface area contributed by atoms with Gasteiger partial charge >= 0.3 is 0 Å². The second kappa shape index (κ2) is 6.81. The summed E-state index contributed by atoms with van der Waals surface area (Å²) >= 11 is 1.78. The molecule has 1 unspecified atom stereocenters. The Labute approximate surface area is 110 Å². The molecule has 0 saturated carbocycles. The first-order valence-corrected chi connectivity index (χ1v) is 6.62. The Kier molecular flexibility index (Phi) is 5.39. The molecular formula is C11H14N4O2S. The predicted molar refractivity (Wildman–Crippen MR) is 71.7 cm³/mol. The van der Waals surface area contributed by atoms with E-state index in [0.29, 0.717) is 5.82 Å². The molecule has 0 radical (unpaired) electrons. The van der Waals surface area contributed by atoms with Crippen LogP contribution in [0.3, 0.4) is 0 Å². The fourth-order valence-corrected chi connectivity index (χ4v) is 2.00. The number of nitrogens with one attached hydrogen (secondary N) is 1. The molecule has 1 aromatic rings. The smallest absolute Gasteiger partial charge is 0.289 e. The molecule has 0 aliphatic heterocycles. The number of nitro groups is 1. The van der Waals surface area contributed by atoms with Gasteiger partial charge in [0, 0.05) is 17.9 Å². The summed E-state index contributed by atoms with van der Waals surface area (Å²) in [5.41, 5.74) is 0.0187. The van der Waals surface area contributed by atoms with Crippen molar-refractivity contribution >= 4 is 23.3 Å². The summed E-state index contributed by atoms with van der Waals surface area (Å²) in [5.74, 6) is 2.30. The van der Waals surface area contributed by atoms with Gasteiger partial charge in [0.05, 0.1) is 4.92 Å². The van der Waals surface area contributed by atoms with Gasteiger partial charge in [0.15, 0.2) is 0 Å². The first kappa shape index (κ1) is 14.3. The molecule has 1 aromatic heterocycles. The average molecular weight is 266 g/mol. The Balaban J connectivity index is 2.83. The monoisotopic (exact) mass is 266 g/mol. The molecule has 1 rings (SSSR count). The van der Waals surface area contributed by atoms with Gasteiger partial charge in [0.25, 0.3) is 5.69 Å². The Morgan fingerprint density at radius 2 is 2.44 bits per heavy atom. The highest BCUT2D eigenvalue weighted by Crippen LogP contribution is 2.19. The summed E-state index contributed by atoms with van der Waals surface area (Å²) in [4.78, 5) is 13.9. The number of rotatable bonds is 6. The highest BCUT2D eigenvalue weighted by Gasteiger charge is 2.13. The van der Waals surface area contributed by atoms with E-state index in [0.717, 1.165) is 17.7 Å². The quantitative estimate of drug-likeness (QED) is 0.628. The second-order valence-corrected chi connectivity index (χ2v) is 4.98. The molecule has 1 atom stereocenters. The lowest BCUT2D eigenvalue weighted by Gasteiger charge is -2.14. The van der Waals surface area contributed by atoms with Crippen LogP contribution in [0, 0.1) is 21.4 Å². The third kappa shape index (κ3) is 3.89. The minimum atomic E-state index is -0.562. The molecule has 0 bridgehead atoms. The van der Waals surface area contributed by atoms with E-state index in [2.05, 4.69) is 17.2 Å². The van der Waals surface area contributed by atoms with Crippen LogP contribution in [0.15, 0.2) is 12.3 Å². The molecule has 96 valence electrons. The number of hydrogen-bond donors (Lipinski definition) is 1. The van der Waals surface area contributed by atoms with Crippen LogP contribution in [-0.4, -0.2) is 27.5 Å². The maximum atomic E-state index is 10.6. The van der Waals surface area contributed by atoms with Gasteiger partial charge in [0.2, 0.25) is 0 Å². The largest absolute Gasteiger partial charge is 0.366 e. The molecule has 0 aliphatic rings. The minimum Gasteiger partial charge on any atom is -0.366 e. The Hall–Kier alpha value is -1.81. The van der Waals surface area contributed by atoms with Crippen molar-refractivity contribution in [1.82, 2.24) is 4.98 Å². The zero-order valence-corrected chi connectivity index (χ0v) is 11.0. The Morgan fingerprint density at radius 3 is 3.00 bits per heavy atom. The van der Waals surface area contributed by atoms with E-state index in [1.165, 1.54) is 6.07 Å². The molecule has 0 saturated heterocycles. The van der Waals surface area contributed by atoms with Crippen molar-refractivity contribution in [2.45, 2.75) is 19.9 Å². The number of aromatic nitrogens is 1. The molecule has 18 heavy (non-hydrogen) atoms. The van der Waals surface area contributed by atoms with Gasteiger partial charge in [-0.1, -0.05) is 6.92 Å². The molecule has 0 aromatic carbocycles. The number of nitriles is 1. The number of pyridine rings is 1. The molecule has 0 amide bonds. The fraction of sp³-hybridized carbons (Fsp3) is 0.455. The SMILES string of the molecule is CCSCC(C)Nc1ncc([N+](=O)[O-])cc1C#N. The van der Waals surface area contributed by atoms with E-state index in [9.17, 15) is 10.1 Å². The molecule has 1 N–H and O–H groups in total. The van der Waals surface area contributed by atoms with Crippen LogP contribution in [0.25, 0.3) is 0 Å². The summed E-state index contributed by atoms with van der Waals surface area (Å²) in [6.45, 7) is 4.05. The zero-order chi connectivity index (χ0) is 13.5. The first-order chi connectivity index (χ1) is 8.58. The van der Waals surface area contributed by atoms with Crippen molar-refractivity contribution in [3.05, 3.63) is 27.9 Å². The van der Waals surface area contributed by atoms with Gasteiger partial charge in [-0.25, -0.2) is 4.98 Å². The third-order valence-electron chi connectivity index (χ3n) is 2.16. The molecule has 0 fully saturated rings. The molecule has 0 spiro atoms. The molecule has 1 heterocycles. The minimum absolute atomic E-state index is 0.149. The van der Waals surface area contributed by atoms with Crippen LogP contribution in [0.5, 0.6) is 0 Å². The van der Waals surface area contributed by atoms with Crippen molar-refractivity contribution in [2.24, 2.45) is 0 Å². The average Bonchev–Trinajstić information content (AvgIpc) is 2.36. The summed E-state index contributed by atoms with van der Waals surface area (Å²) in [6, 6.07) is 3.30. The number of hydrogen-bond acceptors (Lipinski definition) is 6. The van der Waals surface area contributed by atoms with Gasteiger partial charge in [0.1, 0.15) is 23.6 Å². The Morgan fingerprint density at radius 1 is 1.72 bits per heavy atom. The van der Waals surface area contributed by atoms with Gasteiger partial charge in [-0.15, -0.1) is 0 Å². The van der Waals surface area contributed by atoms with Gasteiger partial charge in [-0.05, 0) is 12.7 Å². The van der Waals surface area contributed by atoms with Crippen molar-refractivity contribution in [1.29, 1.82) is 5.26 Å². The lowest BCUT2D eigenvalue weighted by Crippen LogP contribution is -2.19. The summed E-state index contributed by atoms with van der Waals surface area (Å²) < 4.78 is 0. The number of anilines is 1. The van der Waals surface area contributed by atoms with Crippen LogP contribution >= 0.6 is 11.8 Å². The van der Waals surface area contributed by atoms with Gasteiger partial charge in [-0.2, -0.15) is 17.0 Å².